The molecule has 4 heteroatoms. The fraction of sp³-hybridized carbons (Fsp3) is 0.538. The molecular weight excluding hydrogens is 216 g/mol. The highest BCUT2D eigenvalue weighted by Crippen LogP contribution is 2.33. The van der Waals surface area contributed by atoms with E-state index in [2.05, 4.69) is 11.0 Å². The second-order valence-corrected chi connectivity index (χ2v) is 4.21. The summed E-state index contributed by atoms with van der Waals surface area (Å²) in [6, 6.07) is 4.02. The van der Waals surface area contributed by atoms with Crippen LogP contribution in [0.1, 0.15) is 12.5 Å². The SMILES string of the molecule is CCOc1cc(N)c(C)cc1N1CCOCC1. The third-order valence-corrected chi connectivity index (χ3v) is 3.00. The van der Waals surface area contributed by atoms with Crippen LogP contribution in [0.4, 0.5) is 11.4 Å². The van der Waals surface area contributed by atoms with Gasteiger partial charge in [0.2, 0.25) is 0 Å². The molecule has 0 aromatic heterocycles. The van der Waals surface area contributed by atoms with E-state index in [1.54, 1.807) is 0 Å². The van der Waals surface area contributed by atoms with Crippen LogP contribution < -0.4 is 15.4 Å². The molecule has 1 aliphatic rings. The molecule has 1 fully saturated rings. The Kier molecular flexibility index (Phi) is 3.74. The van der Waals surface area contributed by atoms with Crippen LogP contribution in [0.3, 0.4) is 0 Å². The van der Waals surface area contributed by atoms with Crippen molar-refractivity contribution in [2.45, 2.75) is 13.8 Å². The molecule has 0 amide bonds. The number of benzene rings is 1. The normalized spacial score (nSPS) is 16.0. The summed E-state index contributed by atoms with van der Waals surface area (Å²) in [5.74, 6) is 0.873. The van der Waals surface area contributed by atoms with Crippen LogP contribution in [-0.2, 0) is 4.74 Å². The van der Waals surface area contributed by atoms with Crippen molar-refractivity contribution in [2.75, 3.05) is 43.5 Å². The first-order chi connectivity index (χ1) is 8.22. The van der Waals surface area contributed by atoms with E-state index < -0.39 is 0 Å². The molecule has 1 heterocycles. The molecule has 4 nitrogen and oxygen atoms in total. The summed E-state index contributed by atoms with van der Waals surface area (Å²) in [6.45, 7) is 8.02. The van der Waals surface area contributed by atoms with Crippen LogP contribution >= 0.6 is 0 Å². The van der Waals surface area contributed by atoms with Crippen molar-refractivity contribution in [1.29, 1.82) is 0 Å². The molecule has 0 aliphatic carbocycles. The molecule has 0 saturated carbocycles. The minimum atomic E-state index is 0.653. The molecule has 2 rings (SSSR count). The van der Waals surface area contributed by atoms with Crippen molar-refractivity contribution in [1.82, 2.24) is 0 Å². The first-order valence-electron chi connectivity index (χ1n) is 6.08. The number of anilines is 2. The number of hydrogen-bond acceptors (Lipinski definition) is 4. The first kappa shape index (κ1) is 12.0. The third-order valence-electron chi connectivity index (χ3n) is 3.00. The van der Waals surface area contributed by atoms with Gasteiger partial charge in [-0.2, -0.15) is 0 Å². The van der Waals surface area contributed by atoms with E-state index in [-0.39, 0.29) is 0 Å². The molecule has 1 aliphatic heterocycles. The second-order valence-electron chi connectivity index (χ2n) is 4.21. The van der Waals surface area contributed by atoms with Gasteiger partial charge in [-0.1, -0.05) is 0 Å². The summed E-state index contributed by atoms with van der Waals surface area (Å²) in [4.78, 5) is 2.29. The number of morpholine rings is 1. The van der Waals surface area contributed by atoms with E-state index in [1.165, 1.54) is 0 Å². The van der Waals surface area contributed by atoms with Crippen LogP contribution in [-0.4, -0.2) is 32.9 Å². The zero-order valence-electron chi connectivity index (χ0n) is 10.5. The maximum absolute atomic E-state index is 5.93. The molecule has 17 heavy (non-hydrogen) atoms. The van der Waals surface area contributed by atoms with Crippen LogP contribution in [0.15, 0.2) is 12.1 Å². The van der Waals surface area contributed by atoms with Gasteiger partial charge in [-0.25, -0.2) is 0 Å². The molecule has 1 saturated heterocycles. The fourth-order valence-corrected chi connectivity index (χ4v) is 2.01. The zero-order chi connectivity index (χ0) is 12.3. The van der Waals surface area contributed by atoms with Crippen LogP contribution in [0, 0.1) is 6.92 Å². The summed E-state index contributed by atoms with van der Waals surface area (Å²) >= 11 is 0. The molecule has 94 valence electrons. The molecule has 0 radical (unpaired) electrons. The lowest BCUT2D eigenvalue weighted by Gasteiger charge is -2.30. The van der Waals surface area contributed by atoms with E-state index >= 15 is 0 Å². The van der Waals surface area contributed by atoms with Gasteiger partial charge < -0.3 is 20.1 Å². The highest BCUT2D eigenvalue weighted by molar-refractivity contribution is 5.67. The van der Waals surface area contributed by atoms with Crippen LogP contribution in [0.2, 0.25) is 0 Å². The van der Waals surface area contributed by atoms with Crippen LogP contribution in [0.5, 0.6) is 5.75 Å². The van der Waals surface area contributed by atoms with Crippen molar-refractivity contribution in [2.24, 2.45) is 0 Å². The Labute approximate surface area is 102 Å². The Morgan fingerprint density at radius 3 is 2.71 bits per heavy atom. The predicted octanol–water partition coefficient (Wildman–Crippen LogP) is 1.81. The third kappa shape index (κ3) is 2.64. The summed E-state index contributed by atoms with van der Waals surface area (Å²) in [7, 11) is 0. The van der Waals surface area contributed by atoms with Crippen molar-refractivity contribution in [3.63, 3.8) is 0 Å². The fourth-order valence-electron chi connectivity index (χ4n) is 2.01. The second kappa shape index (κ2) is 5.27. The minimum absolute atomic E-state index is 0.653. The smallest absolute Gasteiger partial charge is 0.144 e. The average Bonchev–Trinajstić information content (AvgIpc) is 2.35. The molecule has 0 bridgehead atoms. The number of nitrogens with zero attached hydrogens (tertiary/aromatic N) is 1. The number of rotatable bonds is 3. The largest absolute Gasteiger partial charge is 0.492 e. The summed E-state index contributed by atoms with van der Waals surface area (Å²) in [6.07, 6.45) is 0. The molecule has 0 spiro atoms. The van der Waals surface area contributed by atoms with Crippen molar-refractivity contribution < 1.29 is 9.47 Å². The topological polar surface area (TPSA) is 47.7 Å². The first-order valence-corrected chi connectivity index (χ1v) is 6.08. The molecule has 1 aromatic carbocycles. The lowest BCUT2D eigenvalue weighted by Crippen LogP contribution is -2.36. The molecular formula is C13H20N2O2. The van der Waals surface area contributed by atoms with E-state index in [4.69, 9.17) is 15.2 Å². The molecule has 2 N–H and O–H groups in total. The van der Waals surface area contributed by atoms with E-state index in [0.717, 1.165) is 49.0 Å². The Morgan fingerprint density at radius 1 is 1.35 bits per heavy atom. The Hall–Kier alpha value is -1.42. The summed E-state index contributed by atoms with van der Waals surface area (Å²) < 4.78 is 11.0. The highest BCUT2D eigenvalue weighted by Gasteiger charge is 2.16. The molecule has 0 atom stereocenters. The van der Waals surface area contributed by atoms with Gasteiger partial charge in [-0.05, 0) is 25.5 Å². The maximum Gasteiger partial charge on any atom is 0.144 e. The van der Waals surface area contributed by atoms with Gasteiger partial charge in [0.25, 0.3) is 0 Å². The summed E-state index contributed by atoms with van der Waals surface area (Å²) in [5, 5.41) is 0. The molecule has 0 unspecified atom stereocenters. The van der Waals surface area contributed by atoms with Crippen molar-refractivity contribution in [3.8, 4) is 5.75 Å². The number of aryl methyl sites for hydroxylation is 1. The van der Waals surface area contributed by atoms with Gasteiger partial charge in [0, 0.05) is 24.8 Å². The predicted molar refractivity (Wildman–Crippen MR) is 69.8 cm³/mol. The number of ether oxygens (including phenoxy) is 2. The maximum atomic E-state index is 5.93. The van der Waals surface area contributed by atoms with Crippen LogP contribution in [0.25, 0.3) is 0 Å². The quantitative estimate of drug-likeness (QED) is 0.813. The van der Waals surface area contributed by atoms with Gasteiger partial charge in [0.1, 0.15) is 5.75 Å². The molecule has 1 aromatic rings. The standard InChI is InChI=1S/C13H20N2O2/c1-3-17-13-9-11(14)10(2)8-12(13)15-4-6-16-7-5-15/h8-9H,3-7,14H2,1-2H3. The van der Waals surface area contributed by atoms with Gasteiger partial charge in [0.15, 0.2) is 0 Å². The summed E-state index contributed by atoms with van der Waals surface area (Å²) in [5.41, 5.74) is 8.93. The van der Waals surface area contributed by atoms with E-state index in [0.29, 0.717) is 6.61 Å². The van der Waals surface area contributed by atoms with E-state index in [9.17, 15) is 0 Å². The highest BCUT2D eigenvalue weighted by atomic mass is 16.5. The zero-order valence-corrected chi connectivity index (χ0v) is 10.5. The van der Waals surface area contributed by atoms with E-state index in [1.807, 2.05) is 19.9 Å². The number of nitrogen functional groups attached to an aromatic ring is 1. The Bertz CT molecular complexity index is 387. The lowest BCUT2D eigenvalue weighted by molar-refractivity contribution is 0.122. The Balaban J connectivity index is 2.32. The van der Waals surface area contributed by atoms with Gasteiger partial charge in [-0.15, -0.1) is 0 Å². The average molecular weight is 236 g/mol. The van der Waals surface area contributed by atoms with Gasteiger partial charge in [0.05, 0.1) is 25.5 Å². The number of nitrogens with two attached hydrogens (primary N) is 1. The number of hydrogen-bond donors (Lipinski definition) is 1. The minimum Gasteiger partial charge on any atom is -0.492 e. The van der Waals surface area contributed by atoms with Crippen molar-refractivity contribution >= 4 is 11.4 Å². The van der Waals surface area contributed by atoms with Crippen molar-refractivity contribution in [3.05, 3.63) is 17.7 Å². The monoisotopic (exact) mass is 236 g/mol. The Morgan fingerprint density at radius 2 is 2.06 bits per heavy atom. The van der Waals surface area contributed by atoms with Gasteiger partial charge in [-0.3, -0.25) is 0 Å². The lowest BCUT2D eigenvalue weighted by atomic mass is 10.1. The van der Waals surface area contributed by atoms with Gasteiger partial charge >= 0.3 is 0 Å².